The van der Waals surface area contributed by atoms with Crippen molar-refractivity contribution in [2.45, 2.75) is 32.3 Å². The molecule has 6 nitrogen and oxygen atoms in total. The number of amides is 1. The molecule has 7 heteroatoms. The molecule has 1 aromatic heterocycles. The van der Waals surface area contributed by atoms with Crippen LogP contribution < -0.4 is 20.7 Å². The molecule has 0 unspecified atom stereocenters. The first-order valence-corrected chi connectivity index (χ1v) is 7.93. The van der Waals surface area contributed by atoms with Gasteiger partial charge in [-0.15, -0.1) is 11.3 Å². The molecule has 0 spiro atoms. The fraction of sp³-hybridized carbons (Fsp3) is 0.643. The maximum atomic E-state index is 12.0. The number of piperidine rings is 1. The summed E-state index contributed by atoms with van der Waals surface area (Å²) < 4.78 is 5.39. The Kier molecular flexibility index (Phi) is 4.63. The van der Waals surface area contributed by atoms with Crippen molar-refractivity contribution in [1.29, 1.82) is 0 Å². The zero-order chi connectivity index (χ0) is 15.6. The third kappa shape index (κ3) is 3.24. The number of nitrogens with zero attached hydrogens (tertiary/aromatic N) is 1. The van der Waals surface area contributed by atoms with E-state index in [0.717, 1.165) is 18.1 Å². The van der Waals surface area contributed by atoms with E-state index in [1.807, 2.05) is 13.8 Å². The number of carbonyl (C=O) groups excluding carboxylic acids is 1. The van der Waals surface area contributed by atoms with Gasteiger partial charge in [-0.1, -0.05) is 0 Å². The predicted octanol–water partition coefficient (Wildman–Crippen LogP) is 1.44. The highest BCUT2D eigenvalue weighted by atomic mass is 32.1. The van der Waals surface area contributed by atoms with Crippen molar-refractivity contribution in [1.82, 2.24) is 5.32 Å². The number of hydrogen-bond acceptors (Lipinski definition) is 6. The van der Waals surface area contributed by atoms with Gasteiger partial charge in [-0.05, 0) is 26.7 Å². The fourth-order valence-corrected chi connectivity index (χ4v) is 3.58. The topological polar surface area (TPSA) is 87.8 Å². The summed E-state index contributed by atoms with van der Waals surface area (Å²) in [5.74, 6) is 0.386. The fourth-order valence-electron chi connectivity index (χ4n) is 2.42. The SMILES string of the molecule is CCNC(=O)c1sc(N2CCC(C)(O)CC2)c(OC)c1N. The van der Waals surface area contributed by atoms with E-state index in [1.54, 1.807) is 7.11 Å². The van der Waals surface area contributed by atoms with Crippen molar-refractivity contribution in [2.75, 3.05) is 37.4 Å². The summed E-state index contributed by atoms with van der Waals surface area (Å²) in [6.07, 6.45) is 1.37. The first-order valence-electron chi connectivity index (χ1n) is 7.11. The van der Waals surface area contributed by atoms with E-state index in [4.69, 9.17) is 10.5 Å². The smallest absolute Gasteiger partial charge is 0.263 e. The lowest BCUT2D eigenvalue weighted by Crippen LogP contribution is -2.42. The van der Waals surface area contributed by atoms with Gasteiger partial charge in [-0.3, -0.25) is 4.79 Å². The quantitative estimate of drug-likeness (QED) is 0.783. The zero-order valence-electron chi connectivity index (χ0n) is 12.7. The van der Waals surface area contributed by atoms with Crippen LogP contribution in [0.15, 0.2) is 0 Å². The van der Waals surface area contributed by atoms with Crippen LogP contribution in [0.25, 0.3) is 0 Å². The minimum atomic E-state index is -0.616. The number of anilines is 2. The predicted molar refractivity (Wildman–Crippen MR) is 85.4 cm³/mol. The second-order valence-electron chi connectivity index (χ2n) is 5.53. The van der Waals surface area contributed by atoms with Gasteiger partial charge in [0.15, 0.2) is 5.75 Å². The second kappa shape index (κ2) is 6.11. The Morgan fingerprint density at radius 1 is 1.52 bits per heavy atom. The molecule has 118 valence electrons. The maximum absolute atomic E-state index is 12.0. The van der Waals surface area contributed by atoms with Gasteiger partial charge in [-0.2, -0.15) is 0 Å². The van der Waals surface area contributed by atoms with E-state index in [9.17, 15) is 9.90 Å². The standard InChI is InChI=1S/C14H23N3O3S/c1-4-16-12(18)11-9(15)10(20-3)13(21-11)17-7-5-14(2,19)6-8-17/h19H,4-8,15H2,1-3H3,(H,16,18). The summed E-state index contributed by atoms with van der Waals surface area (Å²) in [7, 11) is 1.56. The highest BCUT2D eigenvalue weighted by Crippen LogP contribution is 2.45. The largest absolute Gasteiger partial charge is 0.492 e. The molecule has 0 bridgehead atoms. The number of nitrogen functional groups attached to an aromatic ring is 1. The Morgan fingerprint density at radius 3 is 2.67 bits per heavy atom. The highest BCUT2D eigenvalue weighted by molar-refractivity contribution is 7.19. The van der Waals surface area contributed by atoms with E-state index in [2.05, 4.69) is 10.2 Å². The molecule has 1 saturated heterocycles. The van der Waals surface area contributed by atoms with Crippen molar-refractivity contribution in [2.24, 2.45) is 0 Å². The van der Waals surface area contributed by atoms with Gasteiger partial charge < -0.3 is 25.8 Å². The summed E-state index contributed by atoms with van der Waals surface area (Å²) in [4.78, 5) is 14.7. The average molecular weight is 313 g/mol. The summed E-state index contributed by atoms with van der Waals surface area (Å²) in [6, 6.07) is 0. The lowest BCUT2D eigenvalue weighted by Gasteiger charge is -2.36. The Bertz CT molecular complexity index is 518. The summed E-state index contributed by atoms with van der Waals surface area (Å²) in [5.41, 5.74) is 5.83. The molecule has 0 atom stereocenters. The minimum Gasteiger partial charge on any atom is -0.492 e. The second-order valence-corrected chi connectivity index (χ2v) is 6.53. The van der Waals surface area contributed by atoms with Gasteiger partial charge in [0.05, 0.1) is 12.7 Å². The van der Waals surface area contributed by atoms with Crippen LogP contribution in [0.4, 0.5) is 10.7 Å². The first kappa shape index (κ1) is 15.9. The van der Waals surface area contributed by atoms with E-state index in [0.29, 0.717) is 35.7 Å². The molecule has 1 aliphatic rings. The average Bonchev–Trinajstić information content (AvgIpc) is 2.76. The molecule has 2 heterocycles. The summed E-state index contributed by atoms with van der Waals surface area (Å²) in [5, 5.41) is 13.7. The molecule has 1 fully saturated rings. The van der Waals surface area contributed by atoms with Crippen molar-refractivity contribution in [3.63, 3.8) is 0 Å². The van der Waals surface area contributed by atoms with E-state index >= 15 is 0 Å². The number of ether oxygens (including phenoxy) is 1. The molecule has 0 saturated carbocycles. The minimum absolute atomic E-state index is 0.173. The van der Waals surface area contributed by atoms with Crippen LogP contribution in [0.1, 0.15) is 36.4 Å². The maximum Gasteiger partial charge on any atom is 0.263 e. The highest BCUT2D eigenvalue weighted by Gasteiger charge is 2.31. The molecule has 1 aromatic rings. The molecule has 1 aliphatic heterocycles. The molecule has 0 aliphatic carbocycles. The van der Waals surface area contributed by atoms with Crippen LogP contribution in [0.5, 0.6) is 5.75 Å². The number of carbonyl (C=O) groups is 1. The van der Waals surface area contributed by atoms with E-state index in [-0.39, 0.29) is 5.91 Å². The van der Waals surface area contributed by atoms with Crippen LogP contribution in [0.3, 0.4) is 0 Å². The van der Waals surface area contributed by atoms with Gasteiger partial charge in [-0.25, -0.2) is 0 Å². The number of nitrogens with two attached hydrogens (primary N) is 1. The number of thiophene rings is 1. The number of methoxy groups -OCH3 is 1. The third-order valence-corrected chi connectivity index (χ3v) is 5.00. The zero-order valence-corrected chi connectivity index (χ0v) is 13.5. The molecule has 4 N–H and O–H groups in total. The van der Waals surface area contributed by atoms with Gasteiger partial charge in [0, 0.05) is 19.6 Å². The molecule has 21 heavy (non-hydrogen) atoms. The first-order chi connectivity index (χ1) is 9.89. The van der Waals surface area contributed by atoms with E-state index in [1.165, 1.54) is 11.3 Å². The molecule has 1 amide bonds. The summed E-state index contributed by atoms with van der Waals surface area (Å²) >= 11 is 1.35. The Morgan fingerprint density at radius 2 is 2.14 bits per heavy atom. The van der Waals surface area contributed by atoms with Crippen LogP contribution in [-0.2, 0) is 0 Å². The molecule has 0 radical (unpaired) electrons. The number of rotatable bonds is 4. The van der Waals surface area contributed by atoms with Crippen LogP contribution in [0.2, 0.25) is 0 Å². The molecular formula is C14H23N3O3S. The lowest BCUT2D eigenvalue weighted by molar-refractivity contribution is 0.0352. The van der Waals surface area contributed by atoms with Gasteiger partial charge >= 0.3 is 0 Å². The summed E-state index contributed by atoms with van der Waals surface area (Å²) in [6.45, 7) is 5.72. The van der Waals surface area contributed by atoms with E-state index < -0.39 is 5.60 Å². The number of nitrogens with one attached hydrogen (secondary N) is 1. The van der Waals surface area contributed by atoms with Crippen LogP contribution in [-0.4, -0.2) is 43.4 Å². The van der Waals surface area contributed by atoms with Gasteiger partial charge in [0.2, 0.25) is 0 Å². The Labute approximate surface area is 128 Å². The lowest BCUT2D eigenvalue weighted by atomic mass is 9.94. The monoisotopic (exact) mass is 313 g/mol. The van der Waals surface area contributed by atoms with Crippen LogP contribution >= 0.6 is 11.3 Å². The van der Waals surface area contributed by atoms with Crippen molar-refractivity contribution < 1.29 is 14.6 Å². The number of hydrogen-bond donors (Lipinski definition) is 3. The molecule has 0 aromatic carbocycles. The van der Waals surface area contributed by atoms with Gasteiger partial charge in [0.1, 0.15) is 15.6 Å². The van der Waals surface area contributed by atoms with Crippen LogP contribution in [0, 0.1) is 0 Å². The molecular weight excluding hydrogens is 290 g/mol. The molecule has 2 rings (SSSR count). The third-order valence-electron chi connectivity index (χ3n) is 3.76. The Balaban J connectivity index is 2.27. The Hall–Kier alpha value is -1.47. The van der Waals surface area contributed by atoms with Crippen molar-refractivity contribution in [3.05, 3.63) is 4.88 Å². The normalized spacial score (nSPS) is 17.6. The van der Waals surface area contributed by atoms with Crippen molar-refractivity contribution in [3.8, 4) is 5.75 Å². The van der Waals surface area contributed by atoms with Crippen molar-refractivity contribution >= 4 is 27.9 Å². The van der Waals surface area contributed by atoms with Gasteiger partial charge in [0.25, 0.3) is 5.91 Å². The number of aliphatic hydroxyl groups is 1.